The van der Waals surface area contributed by atoms with Crippen LogP contribution in [0.3, 0.4) is 0 Å². The topological polar surface area (TPSA) is 54.9 Å². The van der Waals surface area contributed by atoms with E-state index in [4.69, 9.17) is 0 Å². The van der Waals surface area contributed by atoms with Gasteiger partial charge in [0, 0.05) is 21.6 Å². The van der Waals surface area contributed by atoms with Crippen molar-refractivity contribution in [3.05, 3.63) is 63.7 Å². The number of hydrogen-bond donors (Lipinski definition) is 1. The molecule has 0 aliphatic rings. The number of carbonyl (C=O) groups is 1. The van der Waals surface area contributed by atoms with Gasteiger partial charge in [-0.25, -0.2) is 4.98 Å². The standard InChI is InChI=1S/C16H9BrF3N3OS/c17-11-3-1-2-9(6-11)12-8-25-15(22-12)23-14(24)10-4-5-13(21-7-10)16(18,19)20/h1-8H,(H,22,23,24). The molecule has 2 heterocycles. The first kappa shape index (κ1) is 17.6. The van der Waals surface area contributed by atoms with Gasteiger partial charge in [-0.15, -0.1) is 11.3 Å². The van der Waals surface area contributed by atoms with Gasteiger partial charge < -0.3 is 0 Å². The van der Waals surface area contributed by atoms with Crippen molar-refractivity contribution in [3.63, 3.8) is 0 Å². The second-order valence-electron chi connectivity index (χ2n) is 4.93. The molecule has 1 N–H and O–H groups in total. The number of benzene rings is 1. The largest absolute Gasteiger partial charge is 0.433 e. The maximum Gasteiger partial charge on any atom is 0.433 e. The van der Waals surface area contributed by atoms with Crippen LogP contribution in [0, 0.1) is 0 Å². The average molecular weight is 428 g/mol. The van der Waals surface area contributed by atoms with Crippen molar-refractivity contribution >= 4 is 38.3 Å². The molecule has 9 heteroatoms. The summed E-state index contributed by atoms with van der Waals surface area (Å²) in [5.41, 5.74) is 0.539. The summed E-state index contributed by atoms with van der Waals surface area (Å²) < 4.78 is 38.4. The summed E-state index contributed by atoms with van der Waals surface area (Å²) in [7, 11) is 0. The van der Waals surface area contributed by atoms with Crippen molar-refractivity contribution in [2.75, 3.05) is 5.32 Å². The lowest BCUT2D eigenvalue weighted by molar-refractivity contribution is -0.141. The lowest BCUT2D eigenvalue weighted by atomic mass is 10.2. The minimum atomic E-state index is -4.54. The summed E-state index contributed by atoms with van der Waals surface area (Å²) in [6.07, 6.45) is -3.65. The number of nitrogens with one attached hydrogen (secondary N) is 1. The minimum Gasteiger partial charge on any atom is -0.298 e. The Kier molecular flexibility index (Phi) is 4.87. The normalized spacial score (nSPS) is 11.4. The number of pyridine rings is 1. The zero-order chi connectivity index (χ0) is 18.0. The highest BCUT2D eigenvalue weighted by molar-refractivity contribution is 9.10. The molecule has 3 aromatic rings. The molecule has 0 aliphatic carbocycles. The van der Waals surface area contributed by atoms with Crippen molar-refractivity contribution in [3.8, 4) is 11.3 Å². The highest BCUT2D eigenvalue weighted by Gasteiger charge is 2.32. The molecule has 1 amide bonds. The molecule has 0 unspecified atom stereocenters. The Morgan fingerprint density at radius 2 is 2.00 bits per heavy atom. The fourth-order valence-corrected chi connectivity index (χ4v) is 3.09. The molecule has 25 heavy (non-hydrogen) atoms. The Balaban J connectivity index is 1.73. The Morgan fingerprint density at radius 1 is 1.20 bits per heavy atom. The van der Waals surface area contributed by atoms with Crippen molar-refractivity contribution in [2.45, 2.75) is 6.18 Å². The summed E-state index contributed by atoms with van der Waals surface area (Å²) in [5.74, 6) is -0.573. The Hall–Kier alpha value is -2.26. The van der Waals surface area contributed by atoms with Crippen molar-refractivity contribution in [1.82, 2.24) is 9.97 Å². The zero-order valence-electron chi connectivity index (χ0n) is 12.3. The number of nitrogens with zero attached hydrogens (tertiary/aromatic N) is 2. The molecule has 2 aromatic heterocycles. The van der Waals surface area contributed by atoms with Gasteiger partial charge in [0.05, 0.1) is 11.3 Å². The third-order valence-electron chi connectivity index (χ3n) is 3.16. The molecule has 1 aromatic carbocycles. The van der Waals surface area contributed by atoms with Crippen LogP contribution >= 0.6 is 27.3 Å². The van der Waals surface area contributed by atoms with Gasteiger partial charge in [-0.1, -0.05) is 28.1 Å². The van der Waals surface area contributed by atoms with Gasteiger partial charge in [-0.05, 0) is 24.3 Å². The number of hydrogen-bond acceptors (Lipinski definition) is 4. The lowest BCUT2D eigenvalue weighted by Gasteiger charge is -2.06. The highest BCUT2D eigenvalue weighted by Crippen LogP contribution is 2.28. The number of alkyl halides is 3. The van der Waals surface area contributed by atoms with E-state index in [1.165, 1.54) is 11.3 Å². The number of thiazole rings is 1. The van der Waals surface area contributed by atoms with Crippen LogP contribution in [-0.4, -0.2) is 15.9 Å². The third kappa shape index (κ3) is 4.23. The van der Waals surface area contributed by atoms with Crippen LogP contribution in [0.25, 0.3) is 11.3 Å². The molecule has 0 bridgehead atoms. The first-order valence-corrected chi connectivity index (χ1v) is 8.56. The third-order valence-corrected chi connectivity index (χ3v) is 4.41. The summed E-state index contributed by atoms with van der Waals surface area (Å²) in [6.45, 7) is 0. The predicted molar refractivity (Wildman–Crippen MR) is 92.4 cm³/mol. The molecule has 128 valence electrons. The van der Waals surface area contributed by atoms with Gasteiger partial charge in [-0.2, -0.15) is 13.2 Å². The molecule has 4 nitrogen and oxygen atoms in total. The predicted octanol–water partition coefficient (Wildman–Crippen LogP) is 5.24. The summed E-state index contributed by atoms with van der Waals surface area (Å²) in [6, 6.07) is 9.37. The van der Waals surface area contributed by atoms with Crippen molar-refractivity contribution in [2.24, 2.45) is 0 Å². The molecule has 0 radical (unpaired) electrons. The highest BCUT2D eigenvalue weighted by atomic mass is 79.9. The lowest BCUT2D eigenvalue weighted by Crippen LogP contribution is -2.14. The number of rotatable bonds is 3. The van der Waals surface area contributed by atoms with Crippen LogP contribution in [0.5, 0.6) is 0 Å². The summed E-state index contributed by atoms with van der Waals surface area (Å²) in [4.78, 5) is 19.7. The van der Waals surface area contributed by atoms with Crippen molar-refractivity contribution in [1.29, 1.82) is 0 Å². The molecular formula is C16H9BrF3N3OS. The maximum absolute atomic E-state index is 12.5. The smallest absolute Gasteiger partial charge is 0.298 e. The van der Waals surface area contributed by atoms with Crippen LogP contribution in [0.4, 0.5) is 18.3 Å². The second kappa shape index (κ2) is 6.93. The molecule has 0 saturated heterocycles. The van der Waals surface area contributed by atoms with Crippen LogP contribution in [0.1, 0.15) is 16.1 Å². The maximum atomic E-state index is 12.5. The average Bonchev–Trinajstić information content (AvgIpc) is 3.03. The van der Waals surface area contributed by atoms with Crippen LogP contribution in [0.2, 0.25) is 0 Å². The number of anilines is 1. The molecule has 0 fully saturated rings. The van der Waals surface area contributed by atoms with Crippen LogP contribution < -0.4 is 5.32 Å². The van der Waals surface area contributed by atoms with Gasteiger partial charge in [0.25, 0.3) is 5.91 Å². The first-order valence-electron chi connectivity index (χ1n) is 6.89. The second-order valence-corrected chi connectivity index (χ2v) is 6.71. The van der Waals surface area contributed by atoms with Crippen LogP contribution in [-0.2, 0) is 6.18 Å². The van der Waals surface area contributed by atoms with E-state index >= 15 is 0 Å². The van der Waals surface area contributed by atoms with E-state index in [0.29, 0.717) is 10.8 Å². The summed E-state index contributed by atoms with van der Waals surface area (Å²) >= 11 is 4.60. The van der Waals surface area contributed by atoms with E-state index in [0.717, 1.165) is 28.4 Å². The Morgan fingerprint density at radius 3 is 2.64 bits per heavy atom. The fourth-order valence-electron chi connectivity index (χ4n) is 1.98. The number of halogens is 4. The van der Waals surface area contributed by atoms with E-state index in [2.05, 4.69) is 31.2 Å². The Bertz CT molecular complexity index is 909. The van der Waals surface area contributed by atoms with Gasteiger partial charge in [0.15, 0.2) is 5.13 Å². The van der Waals surface area contributed by atoms with E-state index in [1.54, 1.807) is 5.38 Å². The van der Waals surface area contributed by atoms with E-state index < -0.39 is 17.8 Å². The Labute approximate surface area is 152 Å². The molecular weight excluding hydrogens is 419 g/mol. The SMILES string of the molecule is O=C(Nc1nc(-c2cccc(Br)c2)cs1)c1ccc(C(F)(F)F)nc1. The minimum absolute atomic E-state index is 0.0206. The quantitative estimate of drug-likeness (QED) is 0.621. The molecule has 0 atom stereocenters. The molecule has 0 saturated carbocycles. The molecule has 0 aliphatic heterocycles. The zero-order valence-corrected chi connectivity index (χ0v) is 14.7. The summed E-state index contributed by atoms with van der Waals surface area (Å²) in [5, 5.41) is 4.68. The number of amides is 1. The van der Waals surface area contributed by atoms with Gasteiger partial charge >= 0.3 is 6.18 Å². The fraction of sp³-hybridized carbons (Fsp3) is 0.0625. The van der Waals surface area contributed by atoms with Gasteiger partial charge in [0.2, 0.25) is 0 Å². The van der Waals surface area contributed by atoms with Gasteiger partial charge in [-0.3, -0.25) is 15.1 Å². The van der Waals surface area contributed by atoms with E-state index in [-0.39, 0.29) is 5.56 Å². The monoisotopic (exact) mass is 427 g/mol. The van der Waals surface area contributed by atoms with Gasteiger partial charge in [0.1, 0.15) is 5.69 Å². The number of carbonyl (C=O) groups excluding carboxylic acids is 1. The van der Waals surface area contributed by atoms with E-state index in [9.17, 15) is 18.0 Å². The van der Waals surface area contributed by atoms with Crippen molar-refractivity contribution < 1.29 is 18.0 Å². The molecule has 0 spiro atoms. The van der Waals surface area contributed by atoms with Crippen LogP contribution in [0.15, 0.2) is 52.4 Å². The molecule has 3 rings (SSSR count). The van der Waals surface area contributed by atoms with E-state index in [1.807, 2.05) is 24.3 Å². The first-order chi connectivity index (χ1) is 11.8. The number of aromatic nitrogens is 2.